The highest BCUT2D eigenvalue weighted by molar-refractivity contribution is 5.90. The largest absolute Gasteiger partial charge is 0.313 e. The van der Waals surface area contributed by atoms with Gasteiger partial charge >= 0.3 is 0 Å². The van der Waals surface area contributed by atoms with E-state index in [4.69, 9.17) is 0 Å². The van der Waals surface area contributed by atoms with Crippen LogP contribution in [0.1, 0.15) is 37.7 Å². The molecule has 0 aliphatic heterocycles. The molecule has 26 heavy (non-hydrogen) atoms. The van der Waals surface area contributed by atoms with Crippen LogP contribution in [0.5, 0.6) is 0 Å². The van der Waals surface area contributed by atoms with Crippen LogP contribution in [0.3, 0.4) is 0 Å². The third kappa shape index (κ3) is 3.07. The lowest BCUT2D eigenvalue weighted by Gasteiger charge is -2.22. The van der Waals surface area contributed by atoms with E-state index < -0.39 is 0 Å². The summed E-state index contributed by atoms with van der Waals surface area (Å²) in [5.41, 5.74) is 1.99. The molecule has 1 aromatic carbocycles. The van der Waals surface area contributed by atoms with Crippen LogP contribution < -0.4 is 11.1 Å². The van der Waals surface area contributed by atoms with E-state index in [1.54, 1.807) is 0 Å². The summed E-state index contributed by atoms with van der Waals surface area (Å²) < 4.78 is 1.52. The van der Waals surface area contributed by atoms with Gasteiger partial charge in [0.15, 0.2) is 0 Å². The van der Waals surface area contributed by atoms with Gasteiger partial charge in [0.2, 0.25) is 0 Å². The lowest BCUT2D eigenvalue weighted by Crippen LogP contribution is -2.30. The molecule has 0 atom stereocenters. The molecule has 4 rings (SSSR count). The first-order valence-electron chi connectivity index (χ1n) is 9.19. The minimum absolute atomic E-state index is 0.191. The van der Waals surface area contributed by atoms with Gasteiger partial charge < -0.3 is 4.98 Å². The Morgan fingerprint density at radius 2 is 2.00 bits per heavy atom. The normalized spacial score (nSPS) is 15.4. The van der Waals surface area contributed by atoms with Crippen molar-refractivity contribution in [2.75, 3.05) is 0 Å². The summed E-state index contributed by atoms with van der Waals surface area (Å²) in [6.07, 6.45) is 7.20. The minimum Gasteiger partial charge on any atom is -0.313 e. The molecule has 2 aromatic heterocycles. The Balaban J connectivity index is 1.92. The van der Waals surface area contributed by atoms with Crippen molar-refractivity contribution < 1.29 is 0 Å². The fourth-order valence-electron chi connectivity index (χ4n) is 3.85. The summed E-state index contributed by atoms with van der Waals surface area (Å²) in [6, 6.07) is 7.81. The van der Waals surface area contributed by atoms with E-state index in [1.165, 1.54) is 30.3 Å². The van der Waals surface area contributed by atoms with Crippen LogP contribution in [0.25, 0.3) is 22.2 Å². The first-order valence-corrected chi connectivity index (χ1v) is 9.19. The molecule has 1 aliphatic rings. The summed E-state index contributed by atoms with van der Waals surface area (Å²) in [7, 11) is 0. The molecular weight excluding hydrogens is 328 g/mol. The van der Waals surface area contributed by atoms with Gasteiger partial charge in [-0.3, -0.25) is 9.59 Å². The second-order valence-corrected chi connectivity index (χ2v) is 7.16. The van der Waals surface area contributed by atoms with Crippen molar-refractivity contribution >= 4 is 10.9 Å². The lowest BCUT2D eigenvalue weighted by atomic mass is 9.89. The Labute approximate surface area is 150 Å². The highest BCUT2D eigenvalue weighted by Gasteiger charge is 2.20. The Bertz CT molecular complexity index is 1060. The molecule has 6 nitrogen and oxygen atoms in total. The fraction of sp³-hybridized carbons (Fsp3) is 0.400. The molecule has 1 saturated carbocycles. The molecule has 0 unspecified atom stereocenters. The Kier molecular flexibility index (Phi) is 4.41. The van der Waals surface area contributed by atoms with E-state index in [0.29, 0.717) is 18.2 Å². The molecule has 3 aromatic rings. The van der Waals surface area contributed by atoms with Gasteiger partial charge in [-0.05, 0) is 31.7 Å². The van der Waals surface area contributed by atoms with Crippen LogP contribution >= 0.6 is 0 Å². The zero-order valence-corrected chi connectivity index (χ0v) is 14.9. The summed E-state index contributed by atoms with van der Waals surface area (Å²) in [5, 5.41) is 4.88. The number of rotatable bonds is 3. The summed E-state index contributed by atoms with van der Waals surface area (Å²) >= 11 is 0. The van der Waals surface area contributed by atoms with Gasteiger partial charge in [0.25, 0.3) is 11.1 Å². The minimum atomic E-state index is -0.332. The van der Waals surface area contributed by atoms with E-state index in [2.05, 4.69) is 15.1 Å². The highest BCUT2D eigenvalue weighted by atomic mass is 16.1. The number of hydrogen-bond acceptors (Lipinski definition) is 4. The average Bonchev–Trinajstić information content (AvgIpc) is 2.65. The van der Waals surface area contributed by atoms with Crippen LogP contribution in [0.15, 0.2) is 40.2 Å². The summed E-state index contributed by atoms with van der Waals surface area (Å²) in [5.74, 6) is 0.457. The summed E-state index contributed by atoms with van der Waals surface area (Å²) in [4.78, 5) is 32.1. The predicted molar refractivity (Wildman–Crippen MR) is 101 cm³/mol. The van der Waals surface area contributed by atoms with Crippen molar-refractivity contribution in [1.29, 1.82) is 0 Å². The number of aromatic amines is 1. The van der Waals surface area contributed by atoms with Gasteiger partial charge in [-0.15, -0.1) is 0 Å². The third-order valence-electron chi connectivity index (χ3n) is 5.20. The van der Waals surface area contributed by atoms with Crippen molar-refractivity contribution in [1.82, 2.24) is 19.7 Å². The van der Waals surface area contributed by atoms with E-state index in [-0.39, 0.29) is 22.0 Å². The standard InChI is InChI=1S/C20H22N4O2/c1-13-6-5-9-15(10-13)17-16-18(21-12-22-19(16)25)20(26)24(23-17)11-14-7-3-2-4-8-14/h5-6,9-10,12,14H,2-4,7-8,11H2,1H3,(H,21,22,25). The van der Waals surface area contributed by atoms with Crippen molar-refractivity contribution in [3.8, 4) is 11.3 Å². The zero-order chi connectivity index (χ0) is 18.1. The number of hydrogen-bond donors (Lipinski definition) is 1. The quantitative estimate of drug-likeness (QED) is 0.787. The van der Waals surface area contributed by atoms with Gasteiger partial charge in [-0.2, -0.15) is 5.10 Å². The molecule has 1 fully saturated rings. The molecule has 0 radical (unpaired) electrons. The third-order valence-corrected chi connectivity index (χ3v) is 5.20. The van der Waals surface area contributed by atoms with Gasteiger partial charge in [-0.1, -0.05) is 43.0 Å². The first-order chi connectivity index (χ1) is 12.6. The van der Waals surface area contributed by atoms with Gasteiger partial charge in [0.1, 0.15) is 11.2 Å². The number of benzene rings is 1. The number of H-pyrrole nitrogens is 1. The van der Waals surface area contributed by atoms with Gasteiger partial charge in [0, 0.05) is 12.1 Å². The van der Waals surface area contributed by atoms with Crippen molar-refractivity contribution in [2.24, 2.45) is 5.92 Å². The smallest absolute Gasteiger partial charge is 0.293 e. The SMILES string of the molecule is Cc1cccc(-c2nn(CC3CCCCC3)c(=O)c3nc[nH]c(=O)c23)c1. The monoisotopic (exact) mass is 350 g/mol. The lowest BCUT2D eigenvalue weighted by molar-refractivity contribution is 0.304. The fourth-order valence-corrected chi connectivity index (χ4v) is 3.85. The molecule has 0 spiro atoms. The van der Waals surface area contributed by atoms with Crippen molar-refractivity contribution in [3.05, 3.63) is 56.9 Å². The maximum absolute atomic E-state index is 12.9. The molecule has 0 amide bonds. The number of nitrogens with zero attached hydrogens (tertiary/aromatic N) is 3. The molecule has 0 bridgehead atoms. The van der Waals surface area contributed by atoms with Gasteiger partial charge in [0.05, 0.1) is 11.7 Å². The molecule has 0 saturated heterocycles. The Morgan fingerprint density at radius 3 is 2.77 bits per heavy atom. The van der Waals surface area contributed by atoms with Gasteiger partial charge in [-0.25, -0.2) is 9.67 Å². The molecule has 6 heteroatoms. The Morgan fingerprint density at radius 1 is 1.19 bits per heavy atom. The van der Waals surface area contributed by atoms with E-state index in [0.717, 1.165) is 24.0 Å². The van der Waals surface area contributed by atoms with Crippen LogP contribution in [0, 0.1) is 12.8 Å². The van der Waals surface area contributed by atoms with E-state index in [1.807, 2.05) is 31.2 Å². The number of fused-ring (bicyclic) bond motifs is 1. The van der Waals surface area contributed by atoms with E-state index in [9.17, 15) is 9.59 Å². The number of aryl methyl sites for hydroxylation is 1. The molecule has 2 heterocycles. The molecule has 134 valence electrons. The van der Waals surface area contributed by atoms with E-state index >= 15 is 0 Å². The van der Waals surface area contributed by atoms with Crippen molar-refractivity contribution in [3.63, 3.8) is 0 Å². The summed E-state index contributed by atoms with van der Waals surface area (Å²) in [6.45, 7) is 2.58. The zero-order valence-electron chi connectivity index (χ0n) is 14.9. The molecule has 1 aliphatic carbocycles. The van der Waals surface area contributed by atoms with Crippen LogP contribution in [0.2, 0.25) is 0 Å². The molecule has 1 N–H and O–H groups in total. The number of nitrogens with one attached hydrogen (secondary N) is 1. The average molecular weight is 350 g/mol. The maximum Gasteiger partial charge on any atom is 0.293 e. The second kappa shape index (κ2) is 6.86. The topological polar surface area (TPSA) is 80.6 Å². The second-order valence-electron chi connectivity index (χ2n) is 7.16. The molecular formula is C20H22N4O2. The number of aromatic nitrogens is 4. The van der Waals surface area contributed by atoms with Crippen LogP contribution in [0.4, 0.5) is 0 Å². The van der Waals surface area contributed by atoms with Crippen molar-refractivity contribution in [2.45, 2.75) is 45.6 Å². The Hall–Kier alpha value is -2.76. The van der Waals surface area contributed by atoms with Crippen LogP contribution in [-0.2, 0) is 6.54 Å². The maximum atomic E-state index is 12.9. The predicted octanol–water partition coefficient (Wildman–Crippen LogP) is 3.04. The highest BCUT2D eigenvalue weighted by Crippen LogP contribution is 2.26. The van der Waals surface area contributed by atoms with Crippen LogP contribution in [-0.4, -0.2) is 19.7 Å². The first kappa shape index (κ1) is 16.7.